The highest BCUT2D eigenvalue weighted by molar-refractivity contribution is 4.95. The molecule has 1 saturated heterocycles. The van der Waals surface area contributed by atoms with E-state index in [1.54, 1.807) is 0 Å². The molecule has 2 N–H and O–H groups in total. The fourth-order valence-electron chi connectivity index (χ4n) is 1.46. The molecule has 0 aromatic heterocycles. The smallest absolute Gasteiger partial charge is 0.0741 e. The monoisotopic (exact) mass is 153 g/mol. The Bertz CT molecular complexity index is 161. The van der Waals surface area contributed by atoms with Crippen molar-refractivity contribution in [3.63, 3.8) is 0 Å². The second-order valence-corrected chi connectivity index (χ2v) is 3.08. The Morgan fingerprint density at radius 2 is 2.45 bits per heavy atom. The molecular formula is C8H15N3. The SMILES string of the molecule is CCN1CCC(N)C(C#N)C1. The molecule has 1 heterocycles. The van der Waals surface area contributed by atoms with Crippen LogP contribution in [0.5, 0.6) is 0 Å². The lowest BCUT2D eigenvalue weighted by Crippen LogP contribution is -2.46. The number of nitrogens with two attached hydrogens (primary N) is 1. The van der Waals surface area contributed by atoms with Crippen LogP contribution in [0, 0.1) is 17.2 Å². The van der Waals surface area contributed by atoms with E-state index in [0.717, 1.165) is 26.1 Å². The van der Waals surface area contributed by atoms with Crippen LogP contribution in [0.25, 0.3) is 0 Å². The Labute approximate surface area is 67.8 Å². The molecule has 0 radical (unpaired) electrons. The highest BCUT2D eigenvalue weighted by Gasteiger charge is 2.25. The molecular weight excluding hydrogens is 138 g/mol. The summed E-state index contributed by atoms with van der Waals surface area (Å²) in [5.41, 5.74) is 5.76. The van der Waals surface area contributed by atoms with E-state index in [9.17, 15) is 0 Å². The van der Waals surface area contributed by atoms with Crippen LogP contribution >= 0.6 is 0 Å². The lowest BCUT2D eigenvalue weighted by atomic mass is 9.94. The molecule has 1 aliphatic rings. The number of hydrogen-bond donors (Lipinski definition) is 1. The fraction of sp³-hybridized carbons (Fsp3) is 0.875. The molecule has 62 valence electrons. The van der Waals surface area contributed by atoms with E-state index in [-0.39, 0.29) is 12.0 Å². The van der Waals surface area contributed by atoms with Crippen molar-refractivity contribution in [1.29, 1.82) is 5.26 Å². The normalized spacial score (nSPS) is 33.2. The Morgan fingerprint density at radius 3 is 3.00 bits per heavy atom. The van der Waals surface area contributed by atoms with Gasteiger partial charge < -0.3 is 10.6 Å². The van der Waals surface area contributed by atoms with Gasteiger partial charge in [-0.3, -0.25) is 0 Å². The molecule has 0 bridgehead atoms. The zero-order valence-electron chi connectivity index (χ0n) is 6.95. The quantitative estimate of drug-likeness (QED) is 0.584. The highest BCUT2D eigenvalue weighted by Crippen LogP contribution is 2.13. The van der Waals surface area contributed by atoms with Crippen molar-refractivity contribution >= 4 is 0 Å². The van der Waals surface area contributed by atoms with Crippen LogP contribution in [0.4, 0.5) is 0 Å². The first kappa shape index (κ1) is 8.51. The minimum Gasteiger partial charge on any atom is -0.326 e. The predicted molar refractivity (Wildman–Crippen MR) is 43.8 cm³/mol. The lowest BCUT2D eigenvalue weighted by Gasteiger charge is -2.32. The van der Waals surface area contributed by atoms with Crippen LogP contribution in [-0.2, 0) is 0 Å². The fourth-order valence-corrected chi connectivity index (χ4v) is 1.46. The van der Waals surface area contributed by atoms with E-state index >= 15 is 0 Å². The van der Waals surface area contributed by atoms with E-state index in [1.165, 1.54) is 0 Å². The number of hydrogen-bond acceptors (Lipinski definition) is 3. The van der Waals surface area contributed by atoms with Gasteiger partial charge in [0.2, 0.25) is 0 Å². The van der Waals surface area contributed by atoms with Crippen molar-refractivity contribution in [2.75, 3.05) is 19.6 Å². The van der Waals surface area contributed by atoms with Gasteiger partial charge in [0.25, 0.3) is 0 Å². The average molecular weight is 153 g/mol. The maximum atomic E-state index is 8.72. The minimum absolute atomic E-state index is 0.0451. The molecule has 0 saturated carbocycles. The van der Waals surface area contributed by atoms with Crippen molar-refractivity contribution in [2.45, 2.75) is 19.4 Å². The first-order valence-electron chi connectivity index (χ1n) is 4.15. The third-order valence-corrected chi connectivity index (χ3v) is 2.36. The molecule has 1 rings (SSSR count). The summed E-state index contributed by atoms with van der Waals surface area (Å²) >= 11 is 0. The first-order chi connectivity index (χ1) is 5.27. The van der Waals surface area contributed by atoms with Gasteiger partial charge in [0.1, 0.15) is 0 Å². The number of rotatable bonds is 1. The van der Waals surface area contributed by atoms with E-state index in [0.29, 0.717) is 0 Å². The zero-order chi connectivity index (χ0) is 8.27. The molecule has 1 aliphatic heterocycles. The Balaban J connectivity index is 2.46. The summed E-state index contributed by atoms with van der Waals surface area (Å²) in [5.74, 6) is 0.0451. The van der Waals surface area contributed by atoms with Crippen LogP contribution in [-0.4, -0.2) is 30.6 Å². The van der Waals surface area contributed by atoms with Crippen LogP contribution < -0.4 is 5.73 Å². The van der Waals surface area contributed by atoms with Gasteiger partial charge in [0.05, 0.1) is 12.0 Å². The topological polar surface area (TPSA) is 53.0 Å². The molecule has 2 atom stereocenters. The summed E-state index contributed by atoms with van der Waals surface area (Å²) in [5, 5.41) is 8.72. The van der Waals surface area contributed by atoms with E-state index in [4.69, 9.17) is 11.0 Å². The van der Waals surface area contributed by atoms with Gasteiger partial charge in [0, 0.05) is 12.6 Å². The summed E-state index contributed by atoms with van der Waals surface area (Å²) in [6.45, 7) is 5.06. The molecule has 0 aromatic carbocycles. The van der Waals surface area contributed by atoms with Crippen LogP contribution in [0.15, 0.2) is 0 Å². The first-order valence-corrected chi connectivity index (χ1v) is 4.15. The average Bonchev–Trinajstić information content (AvgIpc) is 2.05. The summed E-state index contributed by atoms with van der Waals surface area (Å²) in [7, 11) is 0. The standard InChI is InChI=1S/C8H15N3/c1-2-11-4-3-8(10)7(5-9)6-11/h7-8H,2-4,6,10H2,1H3. The molecule has 1 fully saturated rings. The number of nitrogens with zero attached hydrogens (tertiary/aromatic N) is 2. The predicted octanol–water partition coefficient (Wildman–Crippen LogP) is 0.179. The van der Waals surface area contributed by atoms with Gasteiger partial charge in [-0.05, 0) is 19.5 Å². The van der Waals surface area contributed by atoms with Crippen molar-refractivity contribution < 1.29 is 0 Å². The van der Waals surface area contributed by atoms with Gasteiger partial charge in [-0.2, -0.15) is 5.26 Å². The van der Waals surface area contributed by atoms with Crippen molar-refractivity contribution in [2.24, 2.45) is 11.7 Å². The lowest BCUT2D eigenvalue weighted by molar-refractivity contribution is 0.190. The van der Waals surface area contributed by atoms with E-state index < -0.39 is 0 Å². The summed E-state index contributed by atoms with van der Waals surface area (Å²) in [6, 6.07) is 2.35. The van der Waals surface area contributed by atoms with Gasteiger partial charge >= 0.3 is 0 Å². The number of piperidine rings is 1. The number of nitriles is 1. The Morgan fingerprint density at radius 1 is 1.73 bits per heavy atom. The van der Waals surface area contributed by atoms with Crippen LogP contribution in [0.2, 0.25) is 0 Å². The van der Waals surface area contributed by atoms with Crippen molar-refractivity contribution in [1.82, 2.24) is 4.90 Å². The third kappa shape index (κ3) is 1.92. The summed E-state index contributed by atoms with van der Waals surface area (Å²) in [6.07, 6.45) is 0.964. The molecule has 3 heteroatoms. The van der Waals surface area contributed by atoms with E-state index in [2.05, 4.69) is 17.9 Å². The third-order valence-electron chi connectivity index (χ3n) is 2.36. The molecule has 0 aliphatic carbocycles. The Hall–Kier alpha value is -0.590. The maximum absolute atomic E-state index is 8.72. The largest absolute Gasteiger partial charge is 0.326 e. The van der Waals surface area contributed by atoms with Crippen LogP contribution in [0.1, 0.15) is 13.3 Å². The molecule has 0 amide bonds. The summed E-state index contributed by atoms with van der Waals surface area (Å²) in [4.78, 5) is 2.28. The second kappa shape index (κ2) is 3.70. The highest BCUT2D eigenvalue weighted by atomic mass is 15.1. The molecule has 3 nitrogen and oxygen atoms in total. The Kier molecular flexibility index (Phi) is 2.86. The second-order valence-electron chi connectivity index (χ2n) is 3.08. The molecule has 0 aromatic rings. The zero-order valence-corrected chi connectivity index (χ0v) is 6.95. The van der Waals surface area contributed by atoms with Crippen LogP contribution in [0.3, 0.4) is 0 Å². The minimum atomic E-state index is 0.0451. The van der Waals surface area contributed by atoms with Crippen molar-refractivity contribution in [3.05, 3.63) is 0 Å². The molecule has 2 unspecified atom stereocenters. The molecule has 0 spiro atoms. The van der Waals surface area contributed by atoms with Gasteiger partial charge in [-0.15, -0.1) is 0 Å². The van der Waals surface area contributed by atoms with Gasteiger partial charge in [-0.1, -0.05) is 6.92 Å². The van der Waals surface area contributed by atoms with Gasteiger partial charge in [0.15, 0.2) is 0 Å². The van der Waals surface area contributed by atoms with Crippen molar-refractivity contribution in [3.8, 4) is 6.07 Å². The van der Waals surface area contributed by atoms with E-state index in [1.807, 2.05) is 0 Å². The number of likely N-dealkylation sites (tertiary alicyclic amines) is 1. The van der Waals surface area contributed by atoms with Gasteiger partial charge in [-0.25, -0.2) is 0 Å². The molecule has 11 heavy (non-hydrogen) atoms. The maximum Gasteiger partial charge on any atom is 0.0741 e. The summed E-state index contributed by atoms with van der Waals surface area (Å²) < 4.78 is 0.